The lowest BCUT2D eigenvalue weighted by Gasteiger charge is -2.07. The lowest BCUT2D eigenvalue weighted by molar-refractivity contribution is 0.146. The van der Waals surface area contributed by atoms with Crippen molar-refractivity contribution in [1.29, 1.82) is 0 Å². The van der Waals surface area contributed by atoms with E-state index in [2.05, 4.69) is 37.0 Å². The summed E-state index contributed by atoms with van der Waals surface area (Å²) >= 11 is 6.57. The number of aromatic nitrogens is 2. The fraction of sp³-hybridized carbons (Fsp3) is 0.364. The molecule has 0 aliphatic heterocycles. The van der Waals surface area contributed by atoms with Crippen molar-refractivity contribution in [2.24, 2.45) is 7.05 Å². The molecule has 2 aromatic heterocycles. The molecule has 0 aliphatic rings. The van der Waals surface area contributed by atoms with Crippen molar-refractivity contribution in [1.82, 2.24) is 9.78 Å². The molecule has 0 saturated heterocycles. The predicted molar refractivity (Wildman–Crippen MR) is 70.7 cm³/mol. The number of hydrogen-bond acceptors (Lipinski definition) is 3. The van der Waals surface area contributed by atoms with Gasteiger partial charge in [0.1, 0.15) is 11.9 Å². The summed E-state index contributed by atoms with van der Waals surface area (Å²) < 4.78 is 8.54. The molecule has 0 aromatic carbocycles. The highest BCUT2D eigenvalue weighted by Crippen LogP contribution is 2.31. The van der Waals surface area contributed by atoms with Crippen molar-refractivity contribution in [3.63, 3.8) is 0 Å². The summed E-state index contributed by atoms with van der Waals surface area (Å²) in [7, 11) is 1.86. The Labute approximate surface area is 116 Å². The molecule has 4 nitrogen and oxygen atoms in total. The standard InChI is InChI=1S/C11H12Br2N2O2/c1-6-3-7(15(2)14-6)4-9(16)10-5-8(12)11(13)17-10/h3,5,9,16H,4H2,1-2H3. The van der Waals surface area contributed by atoms with Gasteiger partial charge in [-0.1, -0.05) is 0 Å². The zero-order chi connectivity index (χ0) is 12.6. The van der Waals surface area contributed by atoms with Crippen LogP contribution in [0.2, 0.25) is 0 Å². The molecule has 1 atom stereocenters. The second-order valence-electron chi connectivity index (χ2n) is 3.89. The van der Waals surface area contributed by atoms with E-state index in [9.17, 15) is 5.11 Å². The Kier molecular flexibility index (Phi) is 3.75. The third-order valence-electron chi connectivity index (χ3n) is 2.49. The molecule has 0 bridgehead atoms. The van der Waals surface area contributed by atoms with Crippen molar-refractivity contribution >= 4 is 31.9 Å². The summed E-state index contributed by atoms with van der Waals surface area (Å²) in [6, 6.07) is 3.72. The van der Waals surface area contributed by atoms with Crippen LogP contribution in [0.15, 0.2) is 25.7 Å². The number of halogens is 2. The van der Waals surface area contributed by atoms with E-state index in [0.29, 0.717) is 16.9 Å². The Balaban J connectivity index is 2.16. The number of rotatable bonds is 3. The molecule has 2 rings (SSSR count). The Morgan fingerprint density at radius 1 is 1.47 bits per heavy atom. The first kappa shape index (κ1) is 12.9. The Morgan fingerprint density at radius 3 is 2.65 bits per heavy atom. The van der Waals surface area contributed by atoms with Gasteiger partial charge in [0.05, 0.1) is 10.2 Å². The molecule has 17 heavy (non-hydrogen) atoms. The van der Waals surface area contributed by atoms with E-state index in [-0.39, 0.29) is 0 Å². The van der Waals surface area contributed by atoms with Gasteiger partial charge in [-0.3, -0.25) is 4.68 Å². The summed E-state index contributed by atoms with van der Waals surface area (Å²) in [5.41, 5.74) is 1.91. The molecule has 2 aromatic rings. The van der Waals surface area contributed by atoms with Crippen LogP contribution in [0.25, 0.3) is 0 Å². The number of furan rings is 1. The van der Waals surface area contributed by atoms with E-state index < -0.39 is 6.10 Å². The number of aliphatic hydroxyl groups excluding tert-OH is 1. The molecular formula is C11H12Br2N2O2. The summed E-state index contributed by atoms with van der Waals surface area (Å²) in [6.07, 6.45) is -0.198. The molecule has 0 radical (unpaired) electrons. The van der Waals surface area contributed by atoms with Crippen LogP contribution in [-0.2, 0) is 13.5 Å². The molecule has 6 heteroatoms. The van der Waals surface area contributed by atoms with Crippen molar-refractivity contribution in [2.45, 2.75) is 19.4 Å². The van der Waals surface area contributed by atoms with Gasteiger partial charge in [-0.25, -0.2) is 0 Å². The van der Waals surface area contributed by atoms with Gasteiger partial charge in [0.2, 0.25) is 0 Å². The van der Waals surface area contributed by atoms with Crippen LogP contribution in [0, 0.1) is 6.92 Å². The maximum absolute atomic E-state index is 10.1. The van der Waals surface area contributed by atoms with Gasteiger partial charge in [0.25, 0.3) is 0 Å². The Morgan fingerprint density at radius 2 is 2.18 bits per heavy atom. The summed E-state index contributed by atoms with van der Waals surface area (Å²) in [5.74, 6) is 0.530. The minimum Gasteiger partial charge on any atom is -0.450 e. The number of aliphatic hydroxyl groups is 1. The van der Waals surface area contributed by atoms with Crippen LogP contribution >= 0.6 is 31.9 Å². The predicted octanol–water partition coefficient (Wildman–Crippen LogP) is 3.12. The molecule has 0 fully saturated rings. The quantitative estimate of drug-likeness (QED) is 0.911. The summed E-state index contributed by atoms with van der Waals surface area (Å²) in [4.78, 5) is 0. The monoisotopic (exact) mass is 362 g/mol. The smallest absolute Gasteiger partial charge is 0.183 e. The van der Waals surface area contributed by atoms with Gasteiger partial charge in [-0.15, -0.1) is 0 Å². The minimum absolute atomic E-state index is 0.476. The van der Waals surface area contributed by atoms with Crippen molar-refractivity contribution in [3.8, 4) is 0 Å². The topological polar surface area (TPSA) is 51.2 Å². The van der Waals surface area contributed by atoms with Crippen LogP contribution in [0.4, 0.5) is 0 Å². The van der Waals surface area contributed by atoms with Crippen LogP contribution in [0.3, 0.4) is 0 Å². The SMILES string of the molecule is Cc1cc(CC(O)c2cc(Br)c(Br)o2)n(C)n1. The average Bonchev–Trinajstić information content (AvgIpc) is 2.72. The highest BCUT2D eigenvalue weighted by Gasteiger charge is 2.17. The molecule has 0 amide bonds. The van der Waals surface area contributed by atoms with Crippen LogP contribution in [-0.4, -0.2) is 14.9 Å². The van der Waals surface area contributed by atoms with E-state index >= 15 is 0 Å². The third kappa shape index (κ3) is 2.81. The lowest BCUT2D eigenvalue weighted by atomic mass is 10.1. The van der Waals surface area contributed by atoms with Crippen LogP contribution < -0.4 is 0 Å². The molecule has 1 unspecified atom stereocenters. The van der Waals surface area contributed by atoms with E-state index in [1.54, 1.807) is 10.7 Å². The van der Waals surface area contributed by atoms with Crippen molar-refractivity contribution in [3.05, 3.63) is 38.4 Å². The van der Waals surface area contributed by atoms with Gasteiger partial charge >= 0.3 is 0 Å². The van der Waals surface area contributed by atoms with Crippen LogP contribution in [0.5, 0.6) is 0 Å². The van der Waals surface area contributed by atoms with E-state index in [4.69, 9.17) is 4.42 Å². The van der Waals surface area contributed by atoms with E-state index in [1.165, 1.54) is 0 Å². The number of nitrogens with zero attached hydrogens (tertiary/aromatic N) is 2. The first-order chi connectivity index (χ1) is 7.97. The van der Waals surface area contributed by atoms with Crippen molar-refractivity contribution in [2.75, 3.05) is 0 Å². The van der Waals surface area contributed by atoms with Gasteiger partial charge in [-0.2, -0.15) is 5.10 Å². The van der Waals surface area contributed by atoms with Gasteiger partial charge in [0, 0.05) is 19.2 Å². The summed E-state index contributed by atoms with van der Waals surface area (Å²) in [5, 5.41) is 14.3. The zero-order valence-corrected chi connectivity index (χ0v) is 12.6. The normalized spacial score (nSPS) is 13.0. The fourth-order valence-corrected chi connectivity index (χ4v) is 2.29. The number of hydrogen-bond donors (Lipinski definition) is 1. The number of aryl methyl sites for hydroxylation is 2. The highest BCUT2D eigenvalue weighted by atomic mass is 79.9. The van der Waals surface area contributed by atoms with Crippen molar-refractivity contribution < 1.29 is 9.52 Å². The Bertz CT molecular complexity index is 514. The van der Waals surface area contributed by atoms with E-state index in [1.807, 2.05) is 20.0 Å². The van der Waals surface area contributed by atoms with Gasteiger partial charge in [-0.05, 0) is 50.9 Å². The third-order valence-corrected chi connectivity index (χ3v) is 4.20. The largest absolute Gasteiger partial charge is 0.450 e. The first-order valence-electron chi connectivity index (χ1n) is 5.09. The maximum atomic E-state index is 10.1. The highest BCUT2D eigenvalue weighted by molar-refractivity contribution is 9.13. The first-order valence-corrected chi connectivity index (χ1v) is 6.68. The summed E-state index contributed by atoms with van der Waals surface area (Å²) in [6.45, 7) is 1.93. The molecule has 0 aliphatic carbocycles. The van der Waals surface area contributed by atoms with Gasteiger partial charge < -0.3 is 9.52 Å². The minimum atomic E-state index is -0.674. The molecule has 2 heterocycles. The van der Waals surface area contributed by atoms with Crippen LogP contribution in [0.1, 0.15) is 23.3 Å². The Hall–Kier alpha value is -0.590. The lowest BCUT2D eigenvalue weighted by Crippen LogP contribution is -2.05. The molecular weight excluding hydrogens is 352 g/mol. The van der Waals surface area contributed by atoms with Gasteiger partial charge in [0.15, 0.2) is 4.67 Å². The second-order valence-corrected chi connectivity index (χ2v) is 5.47. The molecule has 0 saturated carbocycles. The maximum Gasteiger partial charge on any atom is 0.183 e. The van der Waals surface area contributed by atoms with E-state index in [0.717, 1.165) is 15.9 Å². The molecule has 0 spiro atoms. The molecule has 1 N–H and O–H groups in total. The zero-order valence-electron chi connectivity index (χ0n) is 9.44. The fourth-order valence-electron chi connectivity index (χ4n) is 1.68. The average molecular weight is 364 g/mol. The second kappa shape index (κ2) is 4.96. The molecule has 92 valence electrons.